The van der Waals surface area contributed by atoms with Crippen molar-refractivity contribution in [3.05, 3.63) is 48.2 Å². The van der Waals surface area contributed by atoms with Gasteiger partial charge in [0, 0.05) is 43.8 Å². The third-order valence-electron chi connectivity index (χ3n) is 3.75. The Morgan fingerprint density at radius 3 is 2.70 bits per heavy atom. The van der Waals surface area contributed by atoms with Gasteiger partial charge >= 0.3 is 0 Å². The Labute approximate surface area is 121 Å². The molecular weight excluding hydrogens is 264 g/mol. The Hall–Kier alpha value is -1.84. The van der Waals surface area contributed by atoms with Gasteiger partial charge in [-0.2, -0.15) is 0 Å². The molecule has 4 rings (SSSR count). The van der Waals surface area contributed by atoms with Crippen LogP contribution in [0, 0.1) is 0 Å². The summed E-state index contributed by atoms with van der Waals surface area (Å²) >= 11 is 1.88. The van der Waals surface area contributed by atoms with E-state index < -0.39 is 0 Å². The second-order valence-corrected chi connectivity index (χ2v) is 6.63. The maximum Gasteiger partial charge on any atom is 0.0464 e. The van der Waals surface area contributed by atoms with Crippen LogP contribution < -0.4 is 0 Å². The van der Waals surface area contributed by atoms with Gasteiger partial charge in [-0.1, -0.05) is 18.2 Å². The predicted molar refractivity (Wildman–Crippen MR) is 88.6 cm³/mol. The summed E-state index contributed by atoms with van der Waals surface area (Å²) in [6, 6.07) is 13.3. The number of thiophene rings is 1. The SMILES string of the molecule is CN(C)Cc1c[nH]c2cc3c(cc12)sc1ccccc13. The Morgan fingerprint density at radius 2 is 1.85 bits per heavy atom. The molecule has 2 aromatic heterocycles. The van der Waals surface area contributed by atoms with Gasteiger partial charge in [0.25, 0.3) is 0 Å². The molecule has 2 heterocycles. The van der Waals surface area contributed by atoms with Gasteiger partial charge in [-0.25, -0.2) is 0 Å². The highest BCUT2D eigenvalue weighted by Gasteiger charge is 2.10. The molecule has 100 valence electrons. The molecule has 0 aliphatic heterocycles. The van der Waals surface area contributed by atoms with Crippen LogP contribution in [0.1, 0.15) is 5.56 Å². The van der Waals surface area contributed by atoms with Crippen molar-refractivity contribution in [3.8, 4) is 0 Å². The molecule has 1 N–H and O–H groups in total. The fourth-order valence-electron chi connectivity index (χ4n) is 2.87. The topological polar surface area (TPSA) is 19.0 Å². The van der Waals surface area contributed by atoms with Crippen LogP contribution in [0.25, 0.3) is 31.1 Å². The summed E-state index contributed by atoms with van der Waals surface area (Å²) in [5, 5.41) is 4.06. The summed E-state index contributed by atoms with van der Waals surface area (Å²) in [5.41, 5.74) is 2.60. The number of H-pyrrole nitrogens is 1. The maximum atomic E-state index is 3.42. The molecular formula is C17H16N2S. The molecule has 0 radical (unpaired) electrons. The summed E-state index contributed by atoms with van der Waals surface area (Å²) in [7, 11) is 4.22. The van der Waals surface area contributed by atoms with Crippen LogP contribution in [0.15, 0.2) is 42.6 Å². The maximum absolute atomic E-state index is 3.42. The van der Waals surface area contributed by atoms with Crippen LogP contribution >= 0.6 is 11.3 Å². The number of hydrogen-bond acceptors (Lipinski definition) is 2. The number of nitrogens with zero attached hydrogens (tertiary/aromatic N) is 1. The number of hydrogen-bond donors (Lipinski definition) is 1. The van der Waals surface area contributed by atoms with E-state index in [1.54, 1.807) is 0 Å². The van der Waals surface area contributed by atoms with Gasteiger partial charge in [0.1, 0.15) is 0 Å². The molecule has 0 fully saturated rings. The minimum atomic E-state index is 0.969. The molecule has 2 nitrogen and oxygen atoms in total. The van der Waals surface area contributed by atoms with Crippen LogP contribution in [0.3, 0.4) is 0 Å². The smallest absolute Gasteiger partial charge is 0.0464 e. The summed E-state index contributed by atoms with van der Waals surface area (Å²) in [6.45, 7) is 0.969. The lowest BCUT2D eigenvalue weighted by Crippen LogP contribution is -2.09. The van der Waals surface area contributed by atoms with Gasteiger partial charge in [-0.15, -0.1) is 11.3 Å². The molecule has 0 aliphatic carbocycles. The van der Waals surface area contributed by atoms with Gasteiger partial charge in [-0.05, 0) is 37.9 Å². The molecule has 0 bridgehead atoms. The van der Waals surface area contributed by atoms with Gasteiger partial charge < -0.3 is 9.88 Å². The van der Waals surface area contributed by atoms with E-state index in [1.165, 1.54) is 36.6 Å². The minimum Gasteiger partial charge on any atom is -0.361 e. The van der Waals surface area contributed by atoms with Crippen LogP contribution in [0.2, 0.25) is 0 Å². The molecule has 0 aliphatic rings. The summed E-state index contributed by atoms with van der Waals surface area (Å²) in [4.78, 5) is 5.62. The van der Waals surface area contributed by atoms with E-state index >= 15 is 0 Å². The second-order valence-electron chi connectivity index (χ2n) is 5.54. The van der Waals surface area contributed by atoms with E-state index in [4.69, 9.17) is 0 Å². The molecule has 3 heteroatoms. The number of rotatable bonds is 2. The van der Waals surface area contributed by atoms with Gasteiger partial charge in [0.2, 0.25) is 0 Å². The lowest BCUT2D eigenvalue weighted by Gasteiger charge is -2.07. The monoisotopic (exact) mass is 280 g/mol. The van der Waals surface area contributed by atoms with Crippen LogP contribution in [-0.2, 0) is 6.54 Å². The zero-order valence-electron chi connectivity index (χ0n) is 11.6. The highest BCUT2D eigenvalue weighted by atomic mass is 32.1. The Morgan fingerprint density at radius 1 is 1.00 bits per heavy atom. The second kappa shape index (κ2) is 4.33. The van der Waals surface area contributed by atoms with E-state index in [0.29, 0.717) is 0 Å². The summed E-state index contributed by atoms with van der Waals surface area (Å²) < 4.78 is 2.74. The number of benzene rings is 2. The highest BCUT2D eigenvalue weighted by molar-refractivity contribution is 7.25. The van der Waals surface area contributed by atoms with Crippen molar-refractivity contribution < 1.29 is 0 Å². The first-order valence-corrected chi connectivity index (χ1v) is 7.60. The van der Waals surface area contributed by atoms with Crippen LogP contribution in [0.4, 0.5) is 0 Å². The van der Waals surface area contributed by atoms with Crippen molar-refractivity contribution in [1.29, 1.82) is 0 Å². The molecule has 20 heavy (non-hydrogen) atoms. The highest BCUT2D eigenvalue weighted by Crippen LogP contribution is 2.36. The Balaban J connectivity index is 2.03. The molecule has 2 aromatic carbocycles. The minimum absolute atomic E-state index is 0.969. The standard InChI is InChI=1S/C17H16N2S/c1-19(2)10-11-9-18-15-7-14-12-5-3-4-6-16(12)20-17(14)8-13(11)15/h3-9,18H,10H2,1-2H3. The first kappa shape index (κ1) is 11.9. The number of fused-ring (bicyclic) bond motifs is 4. The summed E-state index contributed by atoms with van der Waals surface area (Å²) in [5.74, 6) is 0. The van der Waals surface area contributed by atoms with Crippen molar-refractivity contribution >= 4 is 42.4 Å². The quantitative estimate of drug-likeness (QED) is 0.568. The zero-order valence-corrected chi connectivity index (χ0v) is 12.4. The Bertz CT molecular complexity index is 915. The predicted octanol–water partition coefficient (Wildman–Crippen LogP) is 4.60. The largest absolute Gasteiger partial charge is 0.361 e. The lowest BCUT2D eigenvalue weighted by atomic mass is 10.1. The van der Waals surface area contributed by atoms with E-state index in [-0.39, 0.29) is 0 Å². The average Bonchev–Trinajstić information content (AvgIpc) is 2.97. The molecule has 0 unspecified atom stereocenters. The van der Waals surface area contributed by atoms with E-state index in [9.17, 15) is 0 Å². The van der Waals surface area contributed by atoms with Gasteiger partial charge in [0.05, 0.1) is 0 Å². The van der Waals surface area contributed by atoms with Crippen molar-refractivity contribution in [3.63, 3.8) is 0 Å². The van der Waals surface area contributed by atoms with Crippen molar-refractivity contribution in [2.24, 2.45) is 0 Å². The average molecular weight is 280 g/mol. The third-order valence-corrected chi connectivity index (χ3v) is 4.88. The molecule has 0 spiro atoms. The normalized spacial score (nSPS) is 12.2. The van der Waals surface area contributed by atoms with E-state index in [2.05, 4.69) is 66.6 Å². The first-order valence-electron chi connectivity index (χ1n) is 6.78. The molecule has 0 saturated heterocycles. The van der Waals surface area contributed by atoms with Crippen molar-refractivity contribution in [2.45, 2.75) is 6.54 Å². The number of aromatic nitrogens is 1. The summed E-state index contributed by atoms with van der Waals surface area (Å²) in [6.07, 6.45) is 2.14. The van der Waals surface area contributed by atoms with E-state index in [0.717, 1.165) is 6.54 Å². The fraction of sp³-hybridized carbons (Fsp3) is 0.176. The Kier molecular flexibility index (Phi) is 2.59. The van der Waals surface area contributed by atoms with Crippen molar-refractivity contribution in [2.75, 3.05) is 14.1 Å². The van der Waals surface area contributed by atoms with Gasteiger partial charge in [-0.3, -0.25) is 0 Å². The molecule has 4 aromatic rings. The van der Waals surface area contributed by atoms with E-state index in [1.807, 2.05) is 11.3 Å². The number of aromatic amines is 1. The molecule has 0 saturated carbocycles. The van der Waals surface area contributed by atoms with Crippen LogP contribution in [0.5, 0.6) is 0 Å². The first-order chi connectivity index (χ1) is 9.72. The lowest BCUT2D eigenvalue weighted by molar-refractivity contribution is 0.404. The van der Waals surface area contributed by atoms with Gasteiger partial charge in [0.15, 0.2) is 0 Å². The molecule has 0 amide bonds. The number of nitrogens with one attached hydrogen (secondary N) is 1. The van der Waals surface area contributed by atoms with Crippen LogP contribution in [-0.4, -0.2) is 24.0 Å². The van der Waals surface area contributed by atoms with Crippen molar-refractivity contribution in [1.82, 2.24) is 9.88 Å². The fourth-order valence-corrected chi connectivity index (χ4v) is 4.00. The zero-order chi connectivity index (χ0) is 13.7. The molecule has 0 atom stereocenters. The third kappa shape index (κ3) is 1.74.